The molecule has 0 heterocycles. The van der Waals surface area contributed by atoms with E-state index in [4.69, 9.17) is 4.74 Å². The number of rotatable bonds is 6. The van der Waals surface area contributed by atoms with Crippen LogP contribution in [0.3, 0.4) is 0 Å². The van der Waals surface area contributed by atoms with Gasteiger partial charge in [-0.05, 0) is 42.2 Å². The van der Waals surface area contributed by atoms with Crippen LogP contribution in [-0.2, 0) is 19.7 Å². The second kappa shape index (κ2) is 9.32. The zero-order valence-electron chi connectivity index (χ0n) is 16.9. The Kier molecular flexibility index (Phi) is 7.09. The van der Waals surface area contributed by atoms with Gasteiger partial charge in [-0.2, -0.15) is 0 Å². The van der Waals surface area contributed by atoms with Crippen molar-refractivity contribution in [1.82, 2.24) is 5.32 Å². The highest BCUT2D eigenvalue weighted by Gasteiger charge is 2.20. The number of esters is 1. The van der Waals surface area contributed by atoms with Gasteiger partial charge in [0.1, 0.15) is 12.4 Å². The van der Waals surface area contributed by atoms with Crippen molar-refractivity contribution in [3.63, 3.8) is 0 Å². The van der Waals surface area contributed by atoms with Crippen molar-refractivity contribution >= 4 is 23.5 Å². The molecule has 1 atom stereocenters. The third-order valence-electron chi connectivity index (χ3n) is 4.22. The first-order valence-electron chi connectivity index (χ1n) is 9.21. The normalized spacial score (nSPS) is 12.0. The number of hydrogen-bond acceptors (Lipinski definition) is 4. The summed E-state index contributed by atoms with van der Waals surface area (Å²) in [6.07, 6.45) is -1.15. The van der Waals surface area contributed by atoms with Gasteiger partial charge in [0.25, 0.3) is 11.8 Å². The fourth-order valence-corrected chi connectivity index (χ4v) is 2.47. The number of carbonyl (C=O) groups excluding carboxylic acids is 3. The van der Waals surface area contributed by atoms with Crippen LogP contribution in [0.4, 0.5) is 10.1 Å². The minimum Gasteiger partial charge on any atom is -0.451 e. The number of halogens is 1. The van der Waals surface area contributed by atoms with Gasteiger partial charge >= 0.3 is 5.97 Å². The molecule has 0 saturated carbocycles. The molecule has 0 radical (unpaired) electrons. The molecule has 0 saturated heterocycles. The molecule has 0 aliphatic carbocycles. The molecule has 2 amide bonds. The monoisotopic (exact) mass is 400 g/mol. The maximum Gasteiger partial charge on any atom is 0.326 e. The number of amides is 2. The molecule has 0 bridgehead atoms. The van der Waals surface area contributed by atoms with E-state index < -0.39 is 36.2 Å². The highest BCUT2D eigenvalue weighted by Crippen LogP contribution is 2.22. The van der Waals surface area contributed by atoms with E-state index in [9.17, 15) is 18.8 Å². The number of para-hydroxylation sites is 1. The summed E-state index contributed by atoms with van der Waals surface area (Å²) in [5, 5.41) is 4.80. The molecule has 154 valence electrons. The largest absolute Gasteiger partial charge is 0.451 e. The van der Waals surface area contributed by atoms with Crippen LogP contribution < -0.4 is 10.6 Å². The average Bonchev–Trinajstić information content (AvgIpc) is 2.67. The summed E-state index contributed by atoms with van der Waals surface area (Å²) in [5.41, 5.74) is 1.46. The molecular weight excluding hydrogens is 375 g/mol. The Bertz CT molecular complexity index is 888. The molecule has 29 heavy (non-hydrogen) atoms. The van der Waals surface area contributed by atoms with Crippen molar-refractivity contribution in [2.24, 2.45) is 0 Å². The number of hydrogen-bond donors (Lipinski definition) is 2. The van der Waals surface area contributed by atoms with Crippen molar-refractivity contribution in [3.8, 4) is 0 Å². The van der Waals surface area contributed by atoms with E-state index in [2.05, 4.69) is 31.4 Å². The lowest BCUT2D eigenvalue weighted by molar-refractivity contribution is -0.152. The summed E-state index contributed by atoms with van der Waals surface area (Å²) in [4.78, 5) is 36.1. The average molecular weight is 400 g/mol. The Morgan fingerprint density at radius 3 is 2.24 bits per heavy atom. The smallest absolute Gasteiger partial charge is 0.326 e. The first-order valence-corrected chi connectivity index (χ1v) is 9.21. The SMILES string of the molecule is C[C@H](OC(=O)CNC(=O)c1ccc(C(C)(C)C)cc1)C(=O)Nc1ccccc1F. The number of ether oxygens (including phenoxy) is 1. The van der Waals surface area contributed by atoms with E-state index in [-0.39, 0.29) is 11.1 Å². The van der Waals surface area contributed by atoms with Crippen LogP contribution in [0.15, 0.2) is 48.5 Å². The highest BCUT2D eigenvalue weighted by atomic mass is 19.1. The summed E-state index contributed by atoms with van der Waals surface area (Å²) in [6.45, 7) is 7.18. The van der Waals surface area contributed by atoms with E-state index in [1.54, 1.807) is 18.2 Å². The Hall–Kier alpha value is -3.22. The van der Waals surface area contributed by atoms with E-state index in [1.807, 2.05) is 12.1 Å². The zero-order valence-corrected chi connectivity index (χ0v) is 16.9. The Labute approximate surface area is 169 Å². The van der Waals surface area contributed by atoms with E-state index in [0.717, 1.165) is 5.56 Å². The standard InChI is InChI=1S/C22H25FN2O4/c1-14(20(27)25-18-8-6-5-7-17(18)23)29-19(26)13-24-21(28)15-9-11-16(12-10-15)22(2,3)4/h5-12,14H,13H2,1-4H3,(H,24,28)(H,25,27)/t14-/m0/s1. The van der Waals surface area contributed by atoms with Crippen LogP contribution >= 0.6 is 0 Å². The first-order chi connectivity index (χ1) is 13.6. The predicted octanol–water partition coefficient (Wildman–Crippen LogP) is 3.42. The topological polar surface area (TPSA) is 84.5 Å². The molecule has 0 aromatic heterocycles. The van der Waals surface area contributed by atoms with Crippen molar-refractivity contribution in [2.45, 2.75) is 39.2 Å². The number of benzene rings is 2. The van der Waals surface area contributed by atoms with Gasteiger partial charge in [0.15, 0.2) is 6.10 Å². The van der Waals surface area contributed by atoms with Crippen molar-refractivity contribution in [3.05, 3.63) is 65.5 Å². The van der Waals surface area contributed by atoms with Gasteiger partial charge in [-0.15, -0.1) is 0 Å². The van der Waals surface area contributed by atoms with Crippen LogP contribution in [0.5, 0.6) is 0 Å². The third-order valence-corrected chi connectivity index (χ3v) is 4.22. The molecule has 0 unspecified atom stereocenters. The van der Waals surface area contributed by atoms with Crippen molar-refractivity contribution in [1.29, 1.82) is 0 Å². The Morgan fingerprint density at radius 2 is 1.66 bits per heavy atom. The molecule has 0 aliphatic heterocycles. The maximum absolute atomic E-state index is 13.6. The molecule has 2 aromatic rings. The minimum absolute atomic E-state index is 0.00703. The van der Waals surface area contributed by atoms with E-state index in [0.29, 0.717) is 5.56 Å². The predicted molar refractivity (Wildman–Crippen MR) is 108 cm³/mol. The zero-order chi connectivity index (χ0) is 21.6. The van der Waals surface area contributed by atoms with E-state index >= 15 is 0 Å². The second-order valence-corrected chi connectivity index (χ2v) is 7.61. The lowest BCUT2D eigenvalue weighted by atomic mass is 9.87. The Balaban J connectivity index is 1.83. The summed E-state index contributed by atoms with van der Waals surface area (Å²) in [6, 6.07) is 12.8. The number of carbonyl (C=O) groups is 3. The molecule has 0 aliphatic rings. The van der Waals surface area contributed by atoms with Gasteiger partial charge in [-0.25, -0.2) is 4.39 Å². The summed E-state index contributed by atoms with van der Waals surface area (Å²) in [7, 11) is 0. The van der Waals surface area contributed by atoms with Crippen molar-refractivity contribution in [2.75, 3.05) is 11.9 Å². The van der Waals surface area contributed by atoms with E-state index in [1.165, 1.54) is 25.1 Å². The fourth-order valence-electron chi connectivity index (χ4n) is 2.47. The molecular formula is C22H25FN2O4. The van der Waals surface area contributed by atoms with Gasteiger partial charge in [0.2, 0.25) is 0 Å². The van der Waals surface area contributed by atoms with Gasteiger partial charge in [0, 0.05) is 5.56 Å². The first kappa shape index (κ1) is 22.1. The van der Waals surface area contributed by atoms with Crippen molar-refractivity contribution < 1.29 is 23.5 Å². The highest BCUT2D eigenvalue weighted by molar-refractivity contribution is 5.97. The van der Waals surface area contributed by atoms with Gasteiger partial charge in [0.05, 0.1) is 5.69 Å². The molecule has 6 nitrogen and oxygen atoms in total. The van der Waals surface area contributed by atoms with Crippen LogP contribution in [-0.4, -0.2) is 30.4 Å². The number of anilines is 1. The van der Waals surface area contributed by atoms with Crippen LogP contribution in [0.25, 0.3) is 0 Å². The maximum atomic E-state index is 13.6. The molecule has 0 fully saturated rings. The molecule has 2 N–H and O–H groups in total. The molecule has 7 heteroatoms. The van der Waals surface area contributed by atoms with Gasteiger partial charge in [-0.1, -0.05) is 45.0 Å². The fraction of sp³-hybridized carbons (Fsp3) is 0.318. The second-order valence-electron chi connectivity index (χ2n) is 7.61. The molecule has 2 rings (SSSR count). The lowest BCUT2D eigenvalue weighted by Gasteiger charge is -2.19. The quantitative estimate of drug-likeness (QED) is 0.728. The number of nitrogens with one attached hydrogen (secondary N) is 2. The van der Waals surface area contributed by atoms with Crippen LogP contribution in [0.2, 0.25) is 0 Å². The summed E-state index contributed by atoms with van der Waals surface area (Å²) < 4.78 is 18.6. The minimum atomic E-state index is -1.15. The third kappa shape index (κ3) is 6.41. The summed E-state index contributed by atoms with van der Waals surface area (Å²) >= 11 is 0. The molecule has 2 aromatic carbocycles. The lowest BCUT2D eigenvalue weighted by Crippen LogP contribution is -2.36. The molecule has 0 spiro atoms. The van der Waals surface area contributed by atoms with Gasteiger partial charge in [-0.3, -0.25) is 14.4 Å². The van der Waals surface area contributed by atoms with Crippen LogP contribution in [0.1, 0.15) is 43.6 Å². The van der Waals surface area contributed by atoms with Crippen LogP contribution in [0, 0.1) is 5.82 Å². The summed E-state index contributed by atoms with van der Waals surface area (Å²) in [5.74, 6) is -2.47. The van der Waals surface area contributed by atoms with Gasteiger partial charge < -0.3 is 15.4 Å². The Morgan fingerprint density at radius 1 is 1.03 bits per heavy atom.